The molecule has 0 radical (unpaired) electrons. The van der Waals surface area contributed by atoms with Crippen molar-refractivity contribution in [1.29, 1.82) is 0 Å². The Morgan fingerprint density at radius 1 is 1.62 bits per heavy atom. The molecule has 0 aliphatic rings. The van der Waals surface area contributed by atoms with Crippen molar-refractivity contribution in [3.8, 4) is 5.88 Å². The van der Waals surface area contributed by atoms with Gasteiger partial charge >= 0.3 is 5.97 Å². The minimum absolute atomic E-state index is 0.113. The van der Waals surface area contributed by atoms with E-state index in [4.69, 9.17) is 9.84 Å². The molecule has 6 nitrogen and oxygen atoms in total. The van der Waals surface area contributed by atoms with Crippen molar-refractivity contribution in [2.45, 2.75) is 0 Å². The molecule has 2 aromatic heterocycles. The number of halogens is 1. The molecular formula is C9H8BrN3O3. The predicted octanol–water partition coefficient (Wildman–Crippen LogP) is 1.44. The summed E-state index contributed by atoms with van der Waals surface area (Å²) in [6.07, 6.45) is 0. The van der Waals surface area contributed by atoms with Gasteiger partial charge in [0, 0.05) is 13.1 Å². The van der Waals surface area contributed by atoms with Crippen LogP contribution in [0.3, 0.4) is 0 Å². The fraction of sp³-hybridized carbons (Fsp3) is 0.222. The van der Waals surface area contributed by atoms with Gasteiger partial charge in [-0.1, -0.05) is 0 Å². The SMILES string of the molecule is COc1cc(C(=O)O)c2c(Br)nn(C)c2n1. The third kappa shape index (κ3) is 1.53. The number of carbonyl (C=O) groups is 1. The van der Waals surface area contributed by atoms with E-state index in [9.17, 15) is 4.79 Å². The number of fused-ring (bicyclic) bond motifs is 1. The van der Waals surface area contributed by atoms with Crippen molar-refractivity contribution in [2.24, 2.45) is 7.05 Å². The van der Waals surface area contributed by atoms with Gasteiger partial charge in [-0.15, -0.1) is 0 Å². The van der Waals surface area contributed by atoms with Gasteiger partial charge < -0.3 is 9.84 Å². The number of rotatable bonds is 2. The van der Waals surface area contributed by atoms with Gasteiger partial charge in [0.1, 0.15) is 4.60 Å². The van der Waals surface area contributed by atoms with Crippen LogP contribution in [-0.2, 0) is 7.05 Å². The molecular weight excluding hydrogens is 278 g/mol. The number of ether oxygens (including phenoxy) is 1. The molecule has 2 aromatic rings. The fourth-order valence-electron chi connectivity index (χ4n) is 1.45. The van der Waals surface area contributed by atoms with Gasteiger partial charge in [-0.05, 0) is 15.9 Å². The molecule has 0 spiro atoms. The van der Waals surface area contributed by atoms with E-state index in [1.54, 1.807) is 7.05 Å². The number of aromatic nitrogens is 3. The first-order valence-corrected chi connectivity index (χ1v) is 5.14. The summed E-state index contributed by atoms with van der Waals surface area (Å²) in [5, 5.41) is 13.6. The summed E-state index contributed by atoms with van der Waals surface area (Å²) >= 11 is 3.21. The summed E-state index contributed by atoms with van der Waals surface area (Å²) in [6.45, 7) is 0. The Morgan fingerprint density at radius 2 is 2.31 bits per heavy atom. The molecule has 0 atom stereocenters. The quantitative estimate of drug-likeness (QED) is 0.903. The van der Waals surface area contributed by atoms with Crippen LogP contribution >= 0.6 is 15.9 Å². The lowest BCUT2D eigenvalue weighted by atomic mass is 10.2. The van der Waals surface area contributed by atoms with Crippen LogP contribution in [-0.4, -0.2) is 33.0 Å². The third-order valence-electron chi connectivity index (χ3n) is 2.17. The number of methoxy groups -OCH3 is 1. The first-order chi connectivity index (χ1) is 7.54. The van der Waals surface area contributed by atoms with Crippen LogP contribution < -0.4 is 4.74 Å². The van der Waals surface area contributed by atoms with Gasteiger partial charge in [-0.2, -0.15) is 10.1 Å². The van der Waals surface area contributed by atoms with Crippen molar-refractivity contribution in [2.75, 3.05) is 7.11 Å². The number of pyridine rings is 1. The lowest BCUT2D eigenvalue weighted by Gasteiger charge is -2.02. The Morgan fingerprint density at radius 3 is 2.88 bits per heavy atom. The van der Waals surface area contributed by atoms with Crippen LogP contribution in [0, 0.1) is 0 Å². The van der Waals surface area contributed by atoms with Crippen LogP contribution in [0.25, 0.3) is 11.0 Å². The number of hydrogen-bond acceptors (Lipinski definition) is 4. The summed E-state index contributed by atoms with van der Waals surface area (Å²) in [7, 11) is 3.12. The number of nitrogens with zero attached hydrogens (tertiary/aromatic N) is 3. The molecule has 0 aromatic carbocycles. The maximum absolute atomic E-state index is 11.1. The van der Waals surface area contributed by atoms with E-state index in [2.05, 4.69) is 26.0 Å². The lowest BCUT2D eigenvalue weighted by molar-refractivity contribution is 0.0698. The molecule has 2 rings (SSSR count). The normalized spacial score (nSPS) is 10.7. The topological polar surface area (TPSA) is 77.2 Å². The molecule has 2 heterocycles. The summed E-state index contributed by atoms with van der Waals surface area (Å²) in [6, 6.07) is 1.37. The Kier molecular flexibility index (Phi) is 2.55. The molecule has 0 fully saturated rings. The first kappa shape index (κ1) is 10.9. The maximum Gasteiger partial charge on any atom is 0.336 e. The highest BCUT2D eigenvalue weighted by Crippen LogP contribution is 2.28. The number of carboxylic acids is 1. The van der Waals surface area contributed by atoms with Crippen LogP contribution in [0.1, 0.15) is 10.4 Å². The largest absolute Gasteiger partial charge is 0.481 e. The molecule has 0 amide bonds. The number of aryl methyl sites for hydroxylation is 1. The zero-order valence-electron chi connectivity index (χ0n) is 8.56. The Hall–Kier alpha value is -1.63. The molecule has 0 unspecified atom stereocenters. The van der Waals surface area contributed by atoms with Crippen molar-refractivity contribution < 1.29 is 14.6 Å². The van der Waals surface area contributed by atoms with Crippen LogP contribution in [0.4, 0.5) is 0 Å². The number of aromatic carboxylic acids is 1. The lowest BCUT2D eigenvalue weighted by Crippen LogP contribution is -2.01. The van der Waals surface area contributed by atoms with Gasteiger partial charge in [0.15, 0.2) is 5.65 Å². The van der Waals surface area contributed by atoms with Gasteiger partial charge in [0.05, 0.1) is 18.1 Å². The second-order valence-electron chi connectivity index (χ2n) is 3.13. The Bertz CT molecular complexity index is 579. The van der Waals surface area contributed by atoms with E-state index in [0.29, 0.717) is 15.6 Å². The number of carboxylic acid groups (broad SMARTS) is 1. The van der Waals surface area contributed by atoms with Crippen molar-refractivity contribution >= 4 is 32.9 Å². The number of hydrogen-bond donors (Lipinski definition) is 1. The van der Waals surface area contributed by atoms with E-state index in [0.717, 1.165) is 0 Å². The van der Waals surface area contributed by atoms with E-state index in [1.165, 1.54) is 17.9 Å². The molecule has 7 heteroatoms. The monoisotopic (exact) mass is 285 g/mol. The molecule has 1 N–H and O–H groups in total. The fourth-order valence-corrected chi connectivity index (χ4v) is 2.08. The van der Waals surface area contributed by atoms with E-state index in [1.807, 2.05) is 0 Å². The minimum atomic E-state index is -1.04. The van der Waals surface area contributed by atoms with Gasteiger partial charge in [0.25, 0.3) is 0 Å². The highest BCUT2D eigenvalue weighted by Gasteiger charge is 2.18. The van der Waals surface area contributed by atoms with E-state index < -0.39 is 5.97 Å². The Balaban J connectivity index is 2.90. The summed E-state index contributed by atoms with van der Waals surface area (Å²) in [5.41, 5.74) is 0.574. The molecule has 84 valence electrons. The van der Waals surface area contributed by atoms with Crippen molar-refractivity contribution in [3.05, 3.63) is 16.2 Å². The minimum Gasteiger partial charge on any atom is -0.481 e. The first-order valence-electron chi connectivity index (χ1n) is 4.35. The summed E-state index contributed by atoms with van der Waals surface area (Å²) < 4.78 is 6.90. The van der Waals surface area contributed by atoms with Crippen molar-refractivity contribution in [1.82, 2.24) is 14.8 Å². The highest BCUT2D eigenvalue weighted by molar-refractivity contribution is 9.10. The molecule has 0 saturated carbocycles. The van der Waals surface area contributed by atoms with Gasteiger partial charge in [-0.3, -0.25) is 0 Å². The van der Waals surface area contributed by atoms with E-state index in [-0.39, 0.29) is 11.4 Å². The summed E-state index contributed by atoms with van der Waals surface area (Å²) in [5.74, 6) is -0.792. The van der Waals surface area contributed by atoms with Crippen LogP contribution in [0.15, 0.2) is 10.7 Å². The highest BCUT2D eigenvalue weighted by atomic mass is 79.9. The average molecular weight is 286 g/mol. The molecule has 0 aliphatic heterocycles. The summed E-state index contributed by atoms with van der Waals surface area (Å²) in [4.78, 5) is 15.2. The smallest absolute Gasteiger partial charge is 0.336 e. The van der Waals surface area contributed by atoms with E-state index >= 15 is 0 Å². The van der Waals surface area contributed by atoms with Crippen LogP contribution in [0.5, 0.6) is 5.88 Å². The van der Waals surface area contributed by atoms with Crippen LogP contribution in [0.2, 0.25) is 0 Å². The van der Waals surface area contributed by atoms with Crippen molar-refractivity contribution in [3.63, 3.8) is 0 Å². The molecule has 0 aliphatic carbocycles. The Labute approximate surface area is 99.0 Å². The molecule has 16 heavy (non-hydrogen) atoms. The second-order valence-corrected chi connectivity index (χ2v) is 3.88. The molecule has 0 saturated heterocycles. The second kappa shape index (κ2) is 3.75. The van der Waals surface area contributed by atoms with Gasteiger partial charge in [-0.25, -0.2) is 9.48 Å². The zero-order valence-corrected chi connectivity index (χ0v) is 10.1. The zero-order chi connectivity index (χ0) is 11.9. The van der Waals surface area contributed by atoms with Gasteiger partial charge in [0.2, 0.25) is 5.88 Å². The third-order valence-corrected chi connectivity index (χ3v) is 2.72. The standard InChI is InChI=1S/C9H8BrN3O3/c1-13-8-6(7(10)12-13)4(9(14)15)3-5(11-8)16-2/h3H,1-2H3,(H,14,15). The molecule has 0 bridgehead atoms. The average Bonchev–Trinajstić information content (AvgIpc) is 2.53. The predicted molar refractivity (Wildman–Crippen MR) is 59.7 cm³/mol. The maximum atomic E-state index is 11.1.